The number of aryl methyl sites for hydroxylation is 1. The first-order valence-electron chi connectivity index (χ1n) is 8.75. The summed E-state index contributed by atoms with van der Waals surface area (Å²) in [6, 6.07) is 11.9. The summed E-state index contributed by atoms with van der Waals surface area (Å²) in [6.07, 6.45) is 2.87. The molecule has 0 aliphatic heterocycles. The first kappa shape index (κ1) is 23.0. The van der Waals surface area contributed by atoms with E-state index < -0.39 is 0 Å². The van der Waals surface area contributed by atoms with E-state index in [0.717, 1.165) is 36.6 Å². The Balaban J connectivity index is 0.00000364. The highest BCUT2D eigenvalue weighted by Gasteiger charge is 2.10. The highest BCUT2D eigenvalue weighted by atomic mass is 127. The van der Waals surface area contributed by atoms with E-state index in [1.54, 1.807) is 26.0 Å². The number of carbonyl (C=O) groups is 1. The molecule has 1 N–H and O–H groups in total. The second kappa shape index (κ2) is 11.0. The van der Waals surface area contributed by atoms with Gasteiger partial charge in [-0.3, -0.25) is 9.79 Å². The SMILES string of the molecule is CN=C(NCCc1cccc(C(=O)N(C)C)c1)N(C)Cc1cccn1C.I. The van der Waals surface area contributed by atoms with Crippen LogP contribution in [0.25, 0.3) is 0 Å². The van der Waals surface area contributed by atoms with E-state index in [9.17, 15) is 4.79 Å². The molecule has 0 fully saturated rings. The topological polar surface area (TPSA) is 52.9 Å². The molecular formula is C20H30IN5O. The number of nitrogens with one attached hydrogen (secondary N) is 1. The second-order valence-electron chi connectivity index (χ2n) is 6.59. The molecule has 1 aromatic heterocycles. The largest absolute Gasteiger partial charge is 0.356 e. The van der Waals surface area contributed by atoms with Gasteiger partial charge in [-0.05, 0) is 36.2 Å². The Labute approximate surface area is 179 Å². The number of rotatable bonds is 6. The van der Waals surface area contributed by atoms with E-state index in [4.69, 9.17) is 0 Å². The van der Waals surface area contributed by atoms with Gasteiger partial charge in [0, 0.05) is 59.2 Å². The number of aliphatic imine (C=N–C) groups is 1. The van der Waals surface area contributed by atoms with Crippen LogP contribution in [0.3, 0.4) is 0 Å². The van der Waals surface area contributed by atoms with E-state index >= 15 is 0 Å². The van der Waals surface area contributed by atoms with Gasteiger partial charge in [-0.1, -0.05) is 12.1 Å². The average Bonchev–Trinajstić information content (AvgIpc) is 3.02. The molecule has 1 heterocycles. The third-order valence-corrected chi connectivity index (χ3v) is 4.30. The van der Waals surface area contributed by atoms with Crippen molar-refractivity contribution in [3.05, 3.63) is 59.4 Å². The average molecular weight is 483 g/mol. The van der Waals surface area contributed by atoms with Gasteiger partial charge in [0.1, 0.15) is 0 Å². The van der Waals surface area contributed by atoms with Crippen LogP contribution < -0.4 is 5.32 Å². The highest BCUT2D eigenvalue weighted by molar-refractivity contribution is 14.0. The molecule has 2 rings (SSSR count). The third-order valence-electron chi connectivity index (χ3n) is 4.30. The fourth-order valence-electron chi connectivity index (χ4n) is 2.80. The smallest absolute Gasteiger partial charge is 0.253 e. The van der Waals surface area contributed by atoms with Gasteiger partial charge >= 0.3 is 0 Å². The molecule has 148 valence electrons. The zero-order chi connectivity index (χ0) is 19.1. The summed E-state index contributed by atoms with van der Waals surface area (Å²) in [6.45, 7) is 1.54. The number of aromatic nitrogens is 1. The van der Waals surface area contributed by atoms with Crippen molar-refractivity contribution in [2.24, 2.45) is 12.0 Å². The normalized spacial score (nSPS) is 10.9. The first-order valence-corrected chi connectivity index (χ1v) is 8.75. The van der Waals surface area contributed by atoms with Crippen LogP contribution in [0.15, 0.2) is 47.6 Å². The van der Waals surface area contributed by atoms with Gasteiger partial charge in [0.05, 0.1) is 6.54 Å². The molecule has 0 aliphatic carbocycles. The van der Waals surface area contributed by atoms with Gasteiger partial charge < -0.3 is 19.7 Å². The van der Waals surface area contributed by atoms with Gasteiger partial charge in [0.25, 0.3) is 5.91 Å². The quantitative estimate of drug-likeness (QED) is 0.391. The zero-order valence-electron chi connectivity index (χ0n) is 16.8. The third kappa shape index (κ3) is 6.57. The number of hydrogen-bond donors (Lipinski definition) is 1. The molecular weight excluding hydrogens is 453 g/mol. The lowest BCUT2D eigenvalue weighted by Gasteiger charge is -2.22. The molecule has 0 saturated heterocycles. The van der Waals surface area contributed by atoms with Crippen LogP contribution in [0, 0.1) is 0 Å². The van der Waals surface area contributed by atoms with Gasteiger partial charge in [-0.25, -0.2) is 0 Å². The van der Waals surface area contributed by atoms with Crippen LogP contribution in [0.2, 0.25) is 0 Å². The minimum Gasteiger partial charge on any atom is -0.356 e. The van der Waals surface area contributed by atoms with Crippen molar-refractivity contribution >= 4 is 35.8 Å². The van der Waals surface area contributed by atoms with Crippen molar-refractivity contribution in [2.75, 3.05) is 34.7 Å². The molecule has 2 aromatic rings. The van der Waals surface area contributed by atoms with Gasteiger partial charge in [0.2, 0.25) is 0 Å². The lowest BCUT2D eigenvalue weighted by Crippen LogP contribution is -2.39. The Kier molecular flexibility index (Phi) is 9.34. The number of nitrogens with zero attached hydrogens (tertiary/aromatic N) is 4. The molecule has 0 saturated carbocycles. The van der Waals surface area contributed by atoms with Crippen molar-refractivity contribution in [2.45, 2.75) is 13.0 Å². The van der Waals surface area contributed by atoms with Crippen molar-refractivity contribution in [3.8, 4) is 0 Å². The summed E-state index contributed by atoms with van der Waals surface area (Å²) >= 11 is 0. The monoisotopic (exact) mass is 483 g/mol. The molecule has 27 heavy (non-hydrogen) atoms. The van der Waals surface area contributed by atoms with Crippen LogP contribution in [-0.2, 0) is 20.0 Å². The molecule has 1 aromatic carbocycles. The summed E-state index contributed by atoms with van der Waals surface area (Å²) in [5, 5.41) is 3.39. The Hall–Kier alpha value is -2.03. The maximum absolute atomic E-state index is 12.1. The number of guanidine groups is 1. The molecule has 0 bridgehead atoms. The molecule has 0 radical (unpaired) electrons. The van der Waals surface area contributed by atoms with E-state index in [2.05, 4.69) is 25.8 Å². The Morgan fingerprint density at radius 3 is 2.52 bits per heavy atom. The molecule has 0 atom stereocenters. The van der Waals surface area contributed by atoms with Crippen molar-refractivity contribution in [3.63, 3.8) is 0 Å². The van der Waals surface area contributed by atoms with Crippen LogP contribution in [-0.4, -0.2) is 61.0 Å². The Morgan fingerprint density at radius 1 is 1.19 bits per heavy atom. The fraction of sp³-hybridized carbons (Fsp3) is 0.400. The maximum atomic E-state index is 12.1. The lowest BCUT2D eigenvalue weighted by atomic mass is 10.1. The number of benzene rings is 1. The van der Waals surface area contributed by atoms with Crippen LogP contribution in [0.4, 0.5) is 0 Å². The summed E-state index contributed by atoms with van der Waals surface area (Å²) in [4.78, 5) is 20.1. The summed E-state index contributed by atoms with van der Waals surface area (Å²) in [5.41, 5.74) is 3.08. The number of hydrogen-bond acceptors (Lipinski definition) is 2. The van der Waals surface area contributed by atoms with E-state index in [1.807, 2.05) is 50.6 Å². The van der Waals surface area contributed by atoms with E-state index in [-0.39, 0.29) is 29.9 Å². The van der Waals surface area contributed by atoms with Crippen LogP contribution >= 0.6 is 24.0 Å². The molecule has 0 aliphatic rings. The fourth-order valence-corrected chi connectivity index (χ4v) is 2.80. The summed E-state index contributed by atoms with van der Waals surface area (Å²) in [7, 11) is 9.40. The first-order chi connectivity index (χ1) is 12.4. The Bertz CT molecular complexity index is 769. The van der Waals surface area contributed by atoms with Crippen molar-refractivity contribution < 1.29 is 4.79 Å². The molecule has 0 unspecified atom stereocenters. The lowest BCUT2D eigenvalue weighted by molar-refractivity contribution is 0.0827. The maximum Gasteiger partial charge on any atom is 0.253 e. The van der Waals surface area contributed by atoms with Gasteiger partial charge in [-0.2, -0.15) is 0 Å². The highest BCUT2D eigenvalue weighted by Crippen LogP contribution is 2.08. The van der Waals surface area contributed by atoms with Crippen LogP contribution in [0.1, 0.15) is 21.6 Å². The summed E-state index contributed by atoms with van der Waals surface area (Å²) in [5.74, 6) is 0.879. The van der Waals surface area contributed by atoms with Crippen LogP contribution in [0.5, 0.6) is 0 Å². The minimum atomic E-state index is 0. The van der Waals surface area contributed by atoms with Gasteiger partial charge in [-0.15, -0.1) is 24.0 Å². The number of halogens is 1. The standard InChI is InChI=1S/C20H29N5O.HI/c1-21-20(25(5)15-18-10-7-13-24(18)4)22-12-11-16-8-6-9-17(14-16)19(26)23(2)3;/h6-10,13-14H,11-12,15H2,1-5H3,(H,21,22);1H. The summed E-state index contributed by atoms with van der Waals surface area (Å²) < 4.78 is 2.11. The minimum absolute atomic E-state index is 0. The number of amides is 1. The molecule has 0 spiro atoms. The zero-order valence-corrected chi connectivity index (χ0v) is 19.1. The van der Waals surface area contributed by atoms with E-state index in [1.165, 1.54) is 5.69 Å². The predicted octanol–water partition coefficient (Wildman–Crippen LogP) is 2.59. The Morgan fingerprint density at radius 2 is 1.93 bits per heavy atom. The molecule has 7 heteroatoms. The van der Waals surface area contributed by atoms with Crippen molar-refractivity contribution in [1.82, 2.24) is 19.7 Å². The second-order valence-corrected chi connectivity index (χ2v) is 6.59. The van der Waals surface area contributed by atoms with E-state index in [0.29, 0.717) is 0 Å². The molecule has 1 amide bonds. The predicted molar refractivity (Wildman–Crippen MR) is 122 cm³/mol. The van der Waals surface area contributed by atoms with Crippen molar-refractivity contribution in [1.29, 1.82) is 0 Å². The number of carbonyl (C=O) groups excluding carboxylic acids is 1. The molecule has 6 nitrogen and oxygen atoms in total. The van der Waals surface area contributed by atoms with Gasteiger partial charge in [0.15, 0.2) is 5.96 Å².